The summed E-state index contributed by atoms with van der Waals surface area (Å²) in [5.41, 5.74) is 10.9. The molecule has 10 aromatic rings. The van der Waals surface area contributed by atoms with Crippen molar-refractivity contribution in [2.45, 2.75) is 31.2 Å². The summed E-state index contributed by atoms with van der Waals surface area (Å²) in [5.74, 6) is 4.23. The fourth-order valence-electron chi connectivity index (χ4n) is 10.5. The van der Waals surface area contributed by atoms with Gasteiger partial charge in [0, 0.05) is 55.7 Å². The van der Waals surface area contributed by atoms with Crippen molar-refractivity contribution >= 4 is 72.1 Å². The average Bonchev–Trinajstić information content (AvgIpc) is 4.01. The highest BCUT2D eigenvalue weighted by molar-refractivity contribution is 6.11. The number of fused-ring (bicyclic) bond motifs is 12. The highest BCUT2D eigenvalue weighted by Crippen LogP contribution is 2.50. The molecule has 6 nitrogen and oxygen atoms in total. The van der Waals surface area contributed by atoms with E-state index in [1.165, 1.54) is 55.0 Å². The van der Waals surface area contributed by atoms with Crippen LogP contribution in [0.2, 0.25) is 0 Å². The zero-order valence-corrected chi connectivity index (χ0v) is 32.4. The zero-order chi connectivity index (χ0) is 38.8. The van der Waals surface area contributed by atoms with Crippen LogP contribution in [0.3, 0.4) is 0 Å². The molecular formula is C53H38N6. The monoisotopic (exact) mass is 758 g/mol. The number of rotatable bonds is 4. The van der Waals surface area contributed by atoms with Gasteiger partial charge in [0.2, 0.25) is 0 Å². The van der Waals surface area contributed by atoms with Crippen LogP contribution in [-0.2, 0) is 0 Å². The molecule has 3 unspecified atom stereocenters. The van der Waals surface area contributed by atoms with Crippen molar-refractivity contribution in [3.8, 4) is 17.5 Å². The Morgan fingerprint density at radius 2 is 1.02 bits per heavy atom. The standard InChI is InChI=1S/C53H38N6/c1-33-15-12-21-39-36-18-4-11-26-46(36)59(53(33)39)52-30-14-29-51(55-52)58-45-25-10-6-20-38(45)41-31-47-40(32-48(41)58)37-19-5-9-24-44(37)57(47)50-28-13-27-49(54-50)56-42-22-7-2-16-34(42)35-17-3-8-23-43(35)56/h2-14,16-33,37,44H,15H2,1H3. The largest absolute Gasteiger partial charge is 0.318 e. The zero-order valence-electron chi connectivity index (χ0n) is 32.4. The second kappa shape index (κ2) is 12.3. The van der Waals surface area contributed by atoms with E-state index < -0.39 is 0 Å². The van der Waals surface area contributed by atoms with Gasteiger partial charge in [-0.2, -0.15) is 0 Å². The van der Waals surface area contributed by atoms with Crippen molar-refractivity contribution in [1.82, 2.24) is 23.7 Å². The molecule has 13 rings (SSSR count). The minimum Gasteiger partial charge on any atom is -0.318 e. The molecule has 3 atom stereocenters. The number of nitrogens with zero attached hydrogens (tertiary/aromatic N) is 6. The Kier molecular flexibility index (Phi) is 6.79. The molecule has 59 heavy (non-hydrogen) atoms. The van der Waals surface area contributed by atoms with Gasteiger partial charge >= 0.3 is 0 Å². The maximum Gasteiger partial charge on any atom is 0.140 e. The van der Waals surface area contributed by atoms with Gasteiger partial charge in [-0.05, 0) is 72.6 Å². The molecule has 5 aromatic carbocycles. The summed E-state index contributed by atoms with van der Waals surface area (Å²) in [6.45, 7) is 2.33. The van der Waals surface area contributed by atoms with Crippen molar-refractivity contribution in [1.29, 1.82) is 0 Å². The minimum absolute atomic E-state index is 0.0906. The topological polar surface area (TPSA) is 43.8 Å². The third-order valence-corrected chi connectivity index (χ3v) is 13.0. The Hall–Kier alpha value is -7.44. The number of para-hydroxylation sites is 4. The fourth-order valence-corrected chi connectivity index (χ4v) is 10.5. The van der Waals surface area contributed by atoms with Crippen LogP contribution in [0.25, 0.3) is 78.0 Å². The predicted octanol–water partition coefficient (Wildman–Crippen LogP) is 12.9. The number of aromatic nitrogens is 5. The number of hydrogen-bond acceptors (Lipinski definition) is 3. The molecule has 3 aliphatic rings. The molecule has 0 bridgehead atoms. The summed E-state index contributed by atoms with van der Waals surface area (Å²) in [5, 5.41) is 6.13. The Morgan fingerprint density at radius 1 is 0.492 bits per heavy atom. The molecule has 280 valence electrons. The van der Waals surface area contributed by atoms with E-state index in [2.05, 4.69) is 208 Å². The number of pyridine rings is 2. The highest BCUT2D eigenvalue weighted by Gasteiger charge is 2.39. The number of hydrogen-bond donors (Lipinski definition) is 0. The maximum absolute atomic E-state index is 5.52. The van der Waals surface area contributed by atoms with E-state index in [4.69, 9.17) is 9.97 Å². The van der Waals surface area contributed by atoms with Gasteiger partial charge in [0.15, 0.2) is 0 Å². The molecule has 1 aliphatic heterocycles. The first-order valence-electron chi connectivity index (χ1n) is 20.7. The molecular weight excluding hydrogens is 721 g/mol. The first kappa shape index (κ1) is 32.6. The number of allylic oxidation sites excluding steroid dienone is 3. The SMILES string of the molecule is CC1CC=Cc2c1n(-c1cccc(-n3c4ccccc4c4cc5c(cc43)C3C=CC=CC3N5c3cccc(-n4c5ccccc5c5ccccc54)n3)n1)c1ccccc21. The van der Waals surface area contributed by atoms with Crippen LogP contribution in [0.15, 0.2) is 176 Å². The van der Waals surface area contributed by atoms with E-state index >= 15 is 0 Å². The van der Waals surface area contributed by atoms with Gasteiger partial charge in [-0.3, -0.25) is 13.7 Å². The smallest absolute Gasteiger partial charge is 0.140 e. The summed E-state index contributed by atoms with van der Waals surface area (Å²) in [6.07, 6.45) is 14.7. The lowest BCUT2D eigenvalue weighted by Crippen LogP contribution is -2.29. The Balaban J connectivity index is 1.00. The quantitative estimate of drug-likeness (QED) is 0.179. The summed E-state index contributed by atoms with van der Waals surface area (Å²) in [7, 11) is 0. The molecule has 0 saturated carbocycles. The van der Waals surface area contributed by atoms with E-state index in [-0.39, 0.29) is 12.0 Å². The van der Waals surface area contributed by atoms with Crippen LogP contribution in [-0.4, -0.2) is 29.7 Å². The molecule has 6 heteroatoms. The molecule has 0 radical (unpaired) electrons. The number of anilines is 2. The molecule has 0 N–H and O–H groups in total. The van der Waals surface area contributed by atoms with E-state index in [9.17, 15) is 0 Å². The fraction of sp³-hybridized carbons (Fsp3) is 0.0943. The average molecular weight is 759 g/mol. The Labute approximate surface area is 340 Å². The Morgan fingerprint density at radius 3 is 1.69 bits per heavy atom. The first-order valence-corrected chi connectivity index (χ1v) is 20.7. The summed E-state index contributed by atoms with van der Waals surface area (Å²) in [6, 6.07) is 52.7. The summed E-state index contributed by atoms with van der Waals surface area (Å²) in [4.78, 5) is 13.5. The van der Waals surface area contributed by atoms with Crippen LogP contribution >= 0.6 is 0 Å². The molecule has 0 spiro atoms. The Bertz CT molecular complexity index is 3430. The van der Waals surface area contributed by atoms with Gasteiger partial charge < -0.3 is 4.90 Å². The van der Waals surface area contributed by atoms with Gasteiger partial charge in [-0.15, -0.1) is 0 Å². The van der Waals surface area contributed by atoms with Crippen molar-refractivity contribution in [2.75, 3.05) is 4.90 Å². The summed E-state index contributed by atoms with van der Waals surface area (Å²) >= 11 is 0. The first-order chi connectivity index (χ1) is 29.2. The van der Waals surface area contributed by atoms with Crippen LogP contribution in [0.5, 0.6) is 0 Å². The molecule has 6 heterocycles. The van der Waals surface area contributed by atoms with Gasteiger partial charge in [-0.1, -0.05) is 128 Å². The number of benzene rings is 5. The van der Waals surface area contributed by atoms with Gasteiger partial charge in [0.1, 0.15) is 23.3 Å². The van der Waals surface area contributed by atoms with Crippen molar-refractivity contribution < 1.29 is 0 Å². The van der Waals surface area contributed by atoms with E-state index in [1.54, 1.807) is 0 Å². The van der Waals surface area contributed by atoms with Crippen LogP contribution in [0.4, 0.5) is 11.5 Å². The van der Waals surface area contributed by atoms with Crippen LogP contribution in [0.1, 0.15) is 42.0 Å². The van der Waals surface area contributed by atoms with Crippen LogP contribution in [0, 0.1) is 0 Å². The van der Waals surface area contributed by atoms with Crippen LogP contribution < -0.4 is 4.90 Å². The van der Waals surface area contributed by atoms with E-state index in [0.29, 0.717) is 5.92 Å². The molecule has 2 aliphatic carbocycles. The van der Waals surface area contributed by atoms with E-state index in [0.717, 1.165) is 51.8 Å². The van der Waals surface area contributed by atoms with Crippen molar-refractivity contribution in [3.05, 3.63) is 193 Å². The van der Waals surface area contributed by atoms with Gasteiger partial charge in [0.05, 0.1) is 33.6 Å². The second-order valence-electron chi connectivity index (χ2n) is 16.2. The predicted molar refractivity (Wildman–Crippen MR) is 243 cm³/mol. The third-order valence-electron chi connectivity index (χ3n) is 13.0. The lowest BCUT2D eigenvalue weighted by molar-refractivity contribution is 0.718. The third kappa shape index (κ3) is 4.57. The minimum atomic E-state index is 0.0906. The molecule has 0 fully saturated rings. The lowest BCUT2D eigenvalue weighted by atomic mass is 9.91. The normalized spacial score (nSPS) is 18.1. The van der Waals surface area contributed by atoms with Crippen molar-refractivity contribution in [3.63, 3.8) is 0 Å². The molecule has 5 aromatic heterocycles. The highest BCUT2D eigenvalue weighted by atomic mass is 15.3. The second-order valence-corrected chi connectivity index (χ2v) is 16.2. The van der Waals surface area contributed by atoms with Gasteiger partial charge in [-0.25, -0.2) is 9.97 Å². The van der Waals surface area contributed by atoms with Gasteiger partial charge in [0.25, 0.3) is 0 Å². The van der Waals surface area contributed by atoms with E-state index in [1.807, 2.05) is 0 Å². The molecule has 0 saturated heterocycles. The van der Waals surface area contributed by atoms with Crippen molar-refractivity contribution in [2.24, 2.45) is 0 Å². The summed E-state index contributed by atoms with van der Waals surface area (Å²) < 4.78 is 7.08. The maximum atomic E-state index is 5.52. The molecule has 0 amide bonds. The lowest BCUT2D eigenvalue weighted by Gasteiger charge is -2.28.